The highest BCUT2D eigenvalue weighted by Crippen LogP contribution is 2.35. The second-order valence-electron chi connectivity index (χ2n) is 6.06. The van der Waals surface area contributed by atoms with Crippen LogP contribution in [0.3, 0.4) is 0 Å². The number of furan rings is 1. The zero-order valence-electron chi connectivity index (χ0n) is 13.9. The van der Waals surface area contributed by atoms with Gasteiger partial charge in [0.05, 0.1) is 17.7 Å². The largest absolute Gasteiger partial charge is 0.442 e. The minimum Gasteiger partial charge on any atom is -0.442 e. The lowest BCUT2D eigenvalue weighted by atomic mass is 10.1. The van der Waals surface area contributed by atoms with Gasteiger partial charge >= 0.3 is 0 Å². The van der Waals surface area contributed by atoms with Gasteiger partial charge in [-0.3, -0.25) is 9.79 Å². The molecule has 1 amide bonds. The Morgan fingerprint density at radius 3 is 2.96 bits per heavy atom. The molecule has 1 N–H and O–H groups in total. The molecule has 6 nitrogen and oxygen atoms in total. The second kappa shape index (κ2) is 5.33. The molecule has 122 valence electrons. The minimum absolute atomic E-state index is 0.196. The van der Waals surface area contributed by atoms with Gasteiger partial charge in [-0.2, -0.15) is 0 Å². The number of carbonyl (C=O) groups excluding carboxylic acids is 1. The van der Waals surface area contributed by atoms with Gasteiger partial charge in [0.1, 0.15) is 17.9 Å². The van der Waals surface area contributed by atoms with Crippen LogP contribution in [0.1, 0.15) is 32.8 Å². The summed E-state index contributed by atoms with van der Waals surface area (Å²) in [6, 6.07) is 5.86. The quantitative estimate of drug-likeness (QED) is 0.923. The van der Waals surface area contributed by atoms with E-state index in [1.807, 2.05) is 36.9 Å². The SMILES string of the molecule is Cc1cccc(NC(=O)c2c(C)oc3c2C2=NCCN2C=N3)c1C. The highest BCUT2D eigenvalue weighted by Gasteiger charge is 2.33. The molecule has 0 saturated heterocycles. The van der Waals surface area contributed by atoms with Crippen LogP contribution in [0.5, 0.6) is 0 Å². The van der Waals surface area contributed by atoms with E-state index >= 15 is 0 Å². The lowest BCUT2D eigenvalue weighted by Crippen LogP contribution is -2.30. The number of aliphatic imine (C=N–C) groups is 2. The van der Waals surface area contributed by atoms with Crippen molar-refractivity contribution in [2.24, 2.45) is 9.98 Å². The normalized spacial score (nSPS) is 15.1. The average Bonchev–Trinajstić information content (AvgIpc) is 3.14. The molecule has 0 bridgehead atoms. The Kier molecular flexibility index (Phi) is 3.26. The van der Waals surface area contributed by atoms with E-state index in [0.717, 1.165) is 29.2 Å². The number of rotatable bonds is 2. The van der Waals surface area contributed by atoms with Crippen LogP contribution in [0, 0.1) is 20.8 Å². The number of nitrogens with zero attached hydrogens (tertiary/aromatic N) is 3. The topological polar surface area (TPSA) is 70.2 Å². The van der Waals surface area contributed by atoms with Crippen molar-refractivity contribution in [1.29, 1.82) is 0 Å². The molecular weight excluding hydrogens is 304 g/mol. The van der Waals surface area contributed by atoms with Crippen molar-refractivity contribution in [3.8, 4) is 0 Å². The van der Waals surface area contributed by atoms with Gasteiger partial charge in [0.25, 0.3) is 5.91 Å². The molecule has 0 unspecified atom stereocenters. The maximum absolute atomic E-state index is 12.9. The van der Waals surface area contributed by atoms with Crippen molar-refractivity contribution in [2.75, 3.05) is 18.4 Å². The fourth-order valence-corrected chi connectivity index (χ4v) is 3.09. The highest BCUT2D eigenvalue weighted by atomic mass is 16.4. The summed E-state index contributed by atoms with van der Waals surface area (Å²) in [5, 5.41) is 3.00. The van der Waals surface area contributed by atoms with Gasteiger partial charge in [-0.05, 0) is 38.0 Å². The number of aryl methyl sites for hydroxylation is 2. The number of amidine groups is 1. The number of hydrogen-bond acceptors (Lipinski definition) is 5. The molecular formula is C18H18N4O2. The van der Waals surface area contributed by atoms with Gasteiger partial charge in [-0.1, -0.05) is 12.1 Å². The Bertz CT molecular complexity index is 908. The fourth-order valence-electron chi connectivity index (χ4n) is 3.09. The lowest BCUT2D eigenvalue weighted by Gasteiger charge is -2.18. The number of hydrogen-bond donors (Lipinski definition) is 1. The number of fused-ring (bicyclic) bond motifs is 3. The standard InChI is InChI=1S/C18H18N4O2/c1-10-5-4-6-13(11(10)2)21-17(23)14-12(3)24-18-15(14)16-19-7-8-22(16)9-20-18/h4-6,9H,7-8H2,1-3H3,(H,21,23). The fraction of sp³-hybridized carbons (Fsp3) is 0.278. The number of amides is 1. The van der Waals surface area contributed by atoms with Crippen molar-refractivity contribution < 1.29 is 9.21 Å². The molecule has 0 aliphatic carbocycles. The van der Waals surface area contributed by atoms with E-state index in [0.29, 0.717) is 29.3 Å². The van der Waals surface area contributed by atoms with Crippen LogP contribution >= 0.6 is 0 Å². The van der Waals surface area contributed by atoms with Crippen molar-refractivity contribution in [1.82, 2.24) is 4.90 Å². The summed E-state index contributed by atoms with van der Waals surface area (Å²) in [5.74, 6) is 1.58. The third kappa shape index (κ3) is 2.14. The van der Waals surface area contributed by atoms with Crippen molar-refractivity contribution in [2.45, 2.75) is 20.8 Å². The van der Waals surface area contributed by atoms with Gasteiger partial charge in [0.15, 0.2) is 0 Å². The minimum atomic E-state index is -0.196. The van der Waals surface area contributed by atoms with Gasteiger partial charge in [-0.15, -0.1) is 0 Å². The zero-order chi connectivity index (χ0) is 16.8. The number of anilines is 1. The smallest absolute Gasteiger partial charge is 0.260 e. The Balaban J connectivity index is 1.75. The van der Waals surface area contributed by atoms with E-state index in [4.69, 9.17) is 4.42 Å². The van der Waals surface area contributed by atoms with Crippen LogP contribution < -0.4 is 5.32 Å². The number of benzene rings is 1. The Morgan fingerprint density at radius 1 is 1.29 bits per heavy atom. The van der Waals surface area contributed by atoms with Crippen LogP contribution in [-0.4, -0.2) is 36.1 Å². The first-order valence-corrected chi connectivity index (χ1v) is 7.93. The highest BCUT2D eigenvalue weighted by molar-refractivity contribution is 6.19. The van der Waals surface area contributed by atoms with E-state index < -0.39 is 0 Å². The Hall–Kier alpha value is -2.89. The molecule has 1 aromatic carbocycles. The third-order valence-corrected chi connectivity index (χ3v) is 4.56. The molecule has 1 aromatic heterocycles. The summed E-state index contributed by atoms with van der Waals surface area (Å²) < 4.78 is 5.69. The van der Waals surface area contributed by atoms with Crippen LogP contribution in [0.25, 0.3) is 0 Å². The van der Waals surface area contributed by atoms with Crippen LogP contribution in [0.4, 0.5) is 11.6 Å². The van der Waals surface area contributed by atoms with E-state index in [9.17, 15) is 4.79 Å². The molecule has 2 aliphatic heterocycles. The predicted octanol–water partition coefficient (Wildman–Crippen LogP) is 3.19. The summed E-state index contributed by atoms with van der Waals surface area (Å²) in [5.41, 5.74) is 4.19. The summed E-state index contributed by atoms with van der Waals surface area (Å²) in [7, 11) is 0. The molecule has 0 fully saturated rings. The maximum atomic E-state index is 12.9. The average molecular weight is 322 g/mol. The van der Waals surface area contributed by atoms with Crippen molar-refractivity contribution in [3.63, 3.8) is 0 Å². The molecule has 0 radical (unpaired) electrons. The molecule has 0 atom stereocenters. The monoisotopic (exact) mass is 322 g/mol. The predicted molar refractivity (Wildman–Crippen MR) is 93.6 cm³/mol. The van der Waals surface area contributed by atoms with Crippen molar-refractivity contribution >= 4 is 29.7 Å². The van der Waals surface area contributed by atoms with E-state index in [-0.39, 0.29) is 5.91 Å². The second-order valence-corrected chi connectivity index (χ2v) is 6.06. The Morgan fingerprint density at radius 2 is 2.12 bits per heavy atom. The molecule has 0 spiro atoms. The van der Waals surface area contributed by atoms with Crippen LogP contribution in [0.2, 0.25) is 0 Å². The third-order valence-electron chi connectivity index (χ3n) is 4.56. The van der Waals surface area contributed by atoms with Gasteiger partial charge in [0.2, 0.25) is 5.88 Å². The summed E-state index contributed by atoms with van der Waals surface area (Å²) in [4.78, 5) is 23.7. The van der Waals surface area contributed by atoms with Gasteiger partial charge in [0, 0.05) is 12.2 Å². The molecule has 0 saturated carbocycles. The van der Waals surface area contributed by atoms with Crippen molar-refractivity contribution in [3.05, 3.63) is 46.2 Å². The van der Waals surface area contributed by atoms with Crippen LogP contribution in [0.15, 0.2) is 32.6 Å². The molecule has 6 heteroatoms. The molecule has 4 rings (SSSR count). The number of carbonyl (C=O) groups is 1. The molecule has 3 heterocycles. The van der Waals surface area contributed by atoms with Gasteiger partial charge < -0.3 is 14.6 Å². The summed E-state index contributed by atoms with van der Waals surface area (Å²) in [6.45, 7) is 7.28. The zero-order valence-corrected chi connectivity index (χ0v) is 13.9. The van der Waals surface area contributed by atoms with Crippen LogP contribution in [-0.2, 0) is 0 Å². The number of nitrogens with one attached hydrogen (secondary N) is 1. The summed E-state index contributed by atoms with van der Waals surface area (Å²) in [6.07, 6.45) is 1.71. The van der Waals surface area contributed by atoms with Gasteiger partial charge in [-0.25, -0.2) is 4.99 Å². The first-order chi connectivity index (χ1) is 11.6. The van der Waals surface area contributed by atoms with E-state index in [1.54, 1.807) is 13.3 Å². The van der Waals surface area contributed by atoms with E-state index in [1.165, 1.54) is 0 Å². The first kappa shape index (κ1) is 14.7. The van der Waals surface area contributed by atoms with E-state index in [2.05, 4.69) is 15.3 Å². The maximum Gasteiger partial charge on any atom is 0.260 e. The molecule has 2 aromatic rings. The molecule has 24 heavy (non-hydrogen) atoms. The molecule has 2 aliphatic rings. The summed E-state index contributed by atoms with van der Waals surface area (Å²) >= 11 is 0. The first-order valence-electron chi connectivity index (χ1n) is 7.93. The lowest BCUT2D eigenvalue weighted by molar-refractivity contribution is 0.102. The Labute approximate surface area is 139 Å².